The van der Waals surface area contributed by atoms with Crippen LogP contribution < -0.4 is 11.3 Å². The summed E-state index contributed by atoms with van der Waals surface area (Å²) in [4.78, 5) is 18.1. The smallest absolute Gasteiger partial charge is 0.283 e. The highest BCUT2D eigenvalue weighted by Gasteiger charge is 2.11. The first-order valence-electron chi connectivity index (χ1n) is 6.49. The Morgan fingerprint density at radius 1 is 1.28 bits per heavy atom. The van der Waals surface area contributed by atoms with Crippen molar-refractivity contribution in [2.24, 2.45) is 5.84 Å². The van der Waals surface area contributed by atoms with Gasteiger partial charge in [-0.25, -0.2) is 10.8 Å². The van der Waals surface area contributed by atoms with Crippen LogP contribution in [0.25, 0.3) is 0 Å². The molecule has 0 atom stereocenters. The second-order valence-corrected chi connectivity index (χ2v) is 4.68. The van der Waals surface area contributed by atoms with E-state index in [1.54, 1.807) is 6.07 Å². The van der Waals surface area contributed by atoms with E-state index in [2.05, 4.69) is 15.3 Å². The summed E-state index contributed by atoms with van der Waals surface area (Å²) >= 11 is 0. The number of nitrogens with one attached hydrogen (secondary N) is 1. The number of pyridine rings is 1. The lowest BCUT2D eigenvalue weighted by Crippen LogP contribution is -2.31. The van der Waals surface area contributed by atoms with Gasteiger partial charge in [-0.3, -0.25) is 15.1 Å². The first kappa shape index (κ1) is 13.0. The van der Waals surface area contributed by atoms with Gasteiger partial charge in [0.25, 0.3) is 5.91 Å². The maximum atomic E-state index is 11.4. The molecule has 0 aromatic carbocycles. The van der Waals surface area contributed by atoms with E-state index in [0.717, 1.165) is 25.3 Å². The van der Waals surface area contributed by atoms with Crippen molar-refractivity contribution in [3.05, 3.63) is 29.6 Å². The van der Waals surface area contributed by atoms with E-state index in [4.69, 9.17) is 5.84 Å². The van der Waals surface area contributed by atoms with Gasteiger partial charge in [0.1, 0.15) is 5.69 Å². The Morgan fingerprint density at radius 2 is 2.00 bits per heavy atom. The molecule has 18 heavy (non-hydrogen) atoms. The molecule has 1 saturated heterocycles. The SMILES string of the molecule is NNC(=O)c1cccc(CN2CCCCCC2)n1. The zero-order valence-corrected chi connectivity index (χ0v) is 10.6. The summed E-state index contributed by atoms with van der Waals surface area (Å²) < 4.78 is 0. The number of carbonyl (C=O) groups excluding carboxylic acids is 1. The van der Waals surface area contributed by atoms with E-state index >= 15 is 0 Å². The predicted molar refractivity (Wildman–Crippen MR) is 69.6 cm³/mol. The molecule has 98 valence electrons. The Bertz CT molecular complexity index is 400. The fraction of sp³-hybridized carbons (Fsp3) is 0.538. The molecular formula is C13H20N4O. The number of aromatic nitrogens is 1. The molecule has 1 aromatic rings. The van der Waals surface area contributed by atoms with Crippen molar-refractivity contribution in [2.45, 2.75) is 32.2 Å². The third-order valence-electron chi connectivity index (χ3n) is 3.25. The van der Waals surface area contributed by atoms with E-state index in [0.29, 0.717) is 5.69 Å². The van der Waals surface area contributed by atoms with Gasteiger partial charge in [0.2, 0.25) is 0 Å². The van der Waals surface area contributed by atoms with Gasteiger partial charge in [-0.2, -0.15) is 0 Å². The Balaban J connectivity index is 2.01. The summed E-state index contributed by atoms with van der Waals surface area (Å²) in [6.07, 6.45) is 5.14. The minimum atomic E-state index is -0.340. The van der Waals surface area contributed by atoms with Crippen LogP contribution in [0.4, 0.5) is 0 Å². The summed E-state index contributed by atoms with van der Waals surface area (Å²) in [6, 6.07) is 5.48. The van der Waals surface area contributed by atoms with Gasteiger partial charge in [-0.05, 0) is 38.1 Å². The molecule has 0 radical (unpaired) electrons. The Kier molecular flexibility index (Phi) is 4.66. The number of likely N-dealkylation sites (tertiary alicyclic amines) is 1. The monoisotopic (exact) mass is 248 g/mol. The molecule has 1 aromatic heterocycles. The minimum Gasteiger partial charge on any atom is -0.298 e. The van der Waals surface area contributed by atoms with Gasteiger partial charge in [-0.15, -0.1) is 0 Å². The standard InChI is InChI=1S/C13H20N4O/c14-16-13(18)12-7-5-6-11(15-12)10-17-8-3-1-2-4-9-17/h5-7H,1-4,8-10,14H2,(H,16,18). The molecule has 3 N–H and O–H groups in total. The van der Waals surface area contributed by atoms with Crippen molar-refractivity contribution in [3.8, 4) is 0 Å². The number of carbonyl (C=O) groups is 1. The van der Waals surface area contributed by atoms with Gasteiger partial charge < -0.3 is 0 Å². The first-order valence-corrected chi connectivity index (χ1v) is 6.49. The van der Waals surface area contributed by atoms with Crippen molar-refractivity contribution in [1.82, 2.24) is 15.3 Å². The lowest BCUT2D eigenvalue weighted by atomic mass is 10.2. The predicted octanol–water partition coefficient (Wildman–Crippen LogP) is 1.06. The fourth-order valence-electron chi connectivity index (χ4n) is 2.29. The summed E-state index contributed by atoms with van der Waals surface area (Å²) in [5.74, 6) is 4.77. The quantitative estimate of drug-likeness (QED) is 0.477. The molecule has 1 aliphatic heterocycles. The average molecular weight is 248 g/mol. The fourth-order valence-corrected chi connectivity index (χ4v) is 2.29. The van der Waals surface area contributed by atoms with Crippen LogP contribution in [0.15, 0.2) is 18.2 Å². The van der Waals surface area contributed by atoms with Gasteiger partial charge in [-0.1, -0.05) is 18.9 Å². The van der Waals surface area contributed by atoms with Crippen LogP contribution >= 0.6 is 0 Å². The van der Waals surface area contributed by atoms with Crippen molar-refractivity contribution < 1.29 is 4.79 Å². The topological polar surface area (TPSA) is 71.2 Å². The van der Waals surface area contributed by atoms with Crippen molar-refractivity contribution in [2.75, 3.05) is 13.1 Å². The molecule has 1 aliphatic rings. The first-order chi connectivity index (χ1) is 8.79. The Labute approximate surface area is 107 Å². The molecule has 0 saturated carbocycles. The molecule has 0 spiro atoms. The molecule has 2 rings (SSSR count). The molecule has 0 bridgehead atoms. The summed E-state index contributed by atoms with van der Waals surface area (Å²) in [7, 11) is 0. The molecule has 5 nitrogen and oxygen atoms in total. The lowest BCUT2D eigenvalue weighted by molar-refractivity contribution is 0.0948. The van der Waals surface area contributed by atoms with Crippen LogP contribution in [0.1, 0.15) is 41.9 Å². The number of rotatable bonds is 3. The van der Waals surface area contributed by atoms with Crippen molar-refractivity contribution in [1.29, 1.82) is 0 Å². The van der Waals surface area contributed by atoms with Crippen LogP contribution in [0.3, 0.4) is 0 Å². The number of nitrogens with two attached hydrogens (primary N) is 1. The third-order valence-corrected chi connectivity index (χ3v) is 3.25. The average Bonchev–Trinajstić information content (AvgIpc) is 2.67. The highest BCUT2D eigenvalue weighted by molar-refractivity contribution is 5.91. The van der Waals surface area contributed by atoms with E-state index in [1.807, 2.05) is 12.1 Å². The summed E-state index contributed by atoms with van der Waals surface area (Å²) in [5.41, 5.74) is 3.42. The molecule has 2 heterocycles. The maximum Gasteiger partial charge on any atom is 0.283 e. The molecule has 0 aliphatic carbocycles. The van der Waals surface area contributed by atoms with Crippen LogP contribution in [-0.4, -0.2) is 28.9 Å². The van der Waals surface area contributed by atoms with Crippen LogP contribution in [-0.2, 0) is 6.54 Å². The van der Waals surface area contributed by atoms with E-state index in [1.165, 1.54) is 25.7 Å². The number of nitrogens with zero attached hydrogens (tertiary/aromatic N) is 2. The molecular weight excluding hydrogens is 228 g/mol. The maximum absolute atomic E-state index is 11.4. The van der Waals surface area contributed by atoms with Crippen molar-refractivity contribution in [3.63, 3.8) is 0 Å². The second-order valence-electron chi connectivity index (χ2n) is 4.68. The third kappa shape index (κ3) is 3.51. The molecule has 0 unspecified atom stereocenters. The Hall–Kier alpha value is -1.46. The molecule has 1 amide bonds. The number of amides is 1. The normalized spacial score (nSPS) is 17.2. The van der Waals surface area contributed by atoms with Crippen molar-refractivity contribution >= 4 is 5.91 Å². The number of hydrogen-bond acceptors (Lipinski definition) is 4. The number of hydrogen-bond donors (Lipinski definition) is 2. The second kappa shape index (κ2) is 6.47. The van der Waals surface area contributed by atoms with Crippen LogP contribution in [0, 0.1) is 0 Å². The molecule has 1 fully saturated rings. The largest absolute Gasteiger partial charge is 0.298 e. The highest BCUT2D eigenvalue weighted by Crippen LogP contribution is 2.12. The van der Waals surface area contributed by atoms with Gasteiger partial charge in [0.15, 0.2) is 0 Å². The minimum absolute atomic E-state index is 0.340. The highest BCUT2D eigenvalue weighted by atomic mass is 16.2. The van der Waals surface area contributed by atoms with E-state index in [9.17, 15) is 4.79 Å². The van der Waals surface area contributed by atoms with Crippen LogP contribution in [0.2, 0.25) is 0 Å². The van der Waals surface area contributed by atoms with Gasteiger partial charge in [0, 0.05) is 6.54 Å². The number of hydrazine groups is 1. The van der Waals surface area contributed by atoms with E-state index in [-0.39, 0.29) is 5.91 Å². The van der Waals surface area contributed by atoms with E-state index < -0.39 is 0 Å². The molecule has 5 heteroatoms. The summed E-state index contributed by atoms with van der Waals surface area (Å²) in [5, 5.41) is 0. The zero-order valence-electron chi connectivity index (χ0n) is 10.6. The zero-order chi connectivity index (χ0) is 12.8. The Morgan fingerprint density at radius 3 is 2.67 bits per heavy atom. The summed E-state index contributed by atoms with van der Waals surface area (Å²) in [6.45, 7) is 3.05. The lowest BCUT2D eigenvalue weighted by Gasteiger charge is -2.19. The van der Waals surface area contributed by atoms with Gasteiger partial charge in [0.05, 0.1) is 5.69 Å². The van der Waals surface area contributed by atoms with Gasteiger partial charge >= 0.3 is 0 Å². The number of nitrogen functional groups attached to an aromatic ring is 1. The van der Waals surface area contributed by atoms with Crippen LogP contribution in [0.5, 0.6) is 0 Å².